The van der Waals surface area contributed by atoms with Gasteiger partial charge in [-0.2, -0.15) is 0 Å². The Balaban J connectivity index is 1.92. The quantitative estimate of drug-likeness (QED) is 0.325. The van der Waals surface area contributed by atoms with Crippen molar-refractivity contribution in [2.24, 2.45) is 0 Å². The number of carbonyl (C=O) groups is 1. The Morgan fingerprint density at radius 3 is 2.64 bits per heavy atom. The van der Waals surface area contributed by atoms with Gasteiger partial charge in [-0.25, -0.2) is 4.79 Å². The van der Waals surface area contributed by atoms with E-state index in [1.807, 2.05) is 71.2 Å². The number of hydrogen-bond donors (Lipinski definition) is 2. The molecule has 0 saturated carbocycles. The Bertz CT molecular complexity index is 1290. The fourth-order valence-corrected chi connectivity index (χ4v) is 5.88. The molecule has 2 heterocycles. The predicted molar refractivity (Wildman–Crippen MR) is 146 cm³/mol. The number of hydrogen-bond acceptors (Lipinski definition) is 5. The lowest BCUT2D eigenvalue weighted by Gasteiger charge is -2.30. The first-order chi connectivity index (χ1) is 17.1. The van der Waals surface area contributed by atoms with Crippen molar-refractivity contribution in [3.8, 4) is 16.9 Å². The largest absolute Gasteiger partial charge is 0.493 e. The van der Waals surface area contributed by atoms with E-state index in [1.54, 1.807) is 6.26 Å². The van der Waals surface area contributed by atoms with Gasteiger partial charge in [0.05, 0.1) is 18.5 Å². The molecule has 0 spiro atoms. The van der Waals surface area contributed by atoms with Crippen LogP contribution in [0.3, 0.4) is 0 Å². The molecule has 0 bridgehead atoms. The molecule has 192 valence electrons. The number of fused-ring (bicyclic) bond motifs is 1. The second-order valence-corrected chi connectivity index (χ2v) is 11.7. The Morgan fingerprint density at radius 1 is 1.22 bits per heavy atom. The molecule has 1 aliphatic heterocycles. The van der Waals surface area contributed by atoms with E-state index in [-0.39, 0.29) is 0 Å². The number of rotatable bonds is 7. The average Bonchev–Trinajstić information content (AvgIpc) is 3.36. The van der Waals surface area contributed by atoms with Gasteiger partial charge in [0.2, 0.25) is 0 Å². The van der Waals surface area contributed by atoms with Gasteiger partial charge in [0, 0.05) is 11.3 Å². The normalized spacial score (nSPS) is 15.2. The highest BCUT2D eigenvalue weighted by Crippen LogP contribution is 2.43. The van der Waals surface area contributed by atoms with E-state index in [1.165, 1.54) is 0 Å². The summed E-state index contributed by atoms with van der Waals surface area (Å²) >= 11 is 0. The van der Waals surface area contributed by atoms with Gasteiger partial charge in [0.1, 0.15) is 5.75 Å². The van der Waals surface area contributed by atoms with Gasteiger partial charge in [0.25, 0.3) is 0 Å². The fraction of sp³-hybridized carbons (Fsp3) is 0.379. The van der Waals surface area contributed by atoms with Crippen LogP contribution in [0, 0.1) is 13.8 Å². The van der Waals surface area contributed by atoms with Crippen molar-refractivity contribution in [1.82, 2.24) is 0 Å². The van der Waals surface area contributed by atoms with Crippen LogP contribution in [-0.4, -0.2) is 28.7 Å². The minimum Gasteiger partial charge on any atom is -0.493 e. The summed E-state index contributed by atoms with van der Waals surface area (Å²) in [6.45, 7) is 12.3. The summed E-state index contributed by atoms with van der Waals surface area (Å²) < 4.78 is 21.2. The summed E-state index contributed by atoms with van der Waals surface area (Å²) in [6, 6.07) is 12.0. The van der Waals surface area contributed by atoms with Crippen LogP contribution in [0.4, 0.5) is 5.69 Å². The molecule has 7 heteroatoms. The number of anilines is 1. The van der Waals surface area contributed by atoms with Crippen LogP contribution in [0.15, 0.2) is 52.2 Å². The maximum Gasteiger partial charge on any atom is 0.337 e. The van der Waals surface area contributed by atoms with Crippen LogP contribution < -0.4 is 9.46 Å². The van der Waals surface area contributed by atoms with E-state index in [2.05, 4.69) is 16.9 Å². The lowest BCUT2D eigenvalue weighted by atomic mass is 9.86. The average molecular weight is 510 g/mol. The molecule has 0 amide bonds. The fourth-order valence-electron chi connectivity index (χ4n) is 4.59. The predicted octanol–water partition coefficient (Wildman–Crippen LogP) is 7.31. The molecule has 4 rings (SSSR count). The standard InChI is InChI=1S/C29H35NO5S/c1-7-36(24-11-9-15-34-24)30-22-16-18(2)25(21-12-13-23-20(17-21)10-8-14-33-23)26(19(22)3)27(28(31)32)35-29(4,5)6/h7,9,11-13,15-17,27,30H,8,10,14H2,1-6H3,(H,31,32). The molecule has 2 unspecified atom stereocenters. The van der Waals surface area contributed by atoms with Crippen molar-refractivity contribution in [2.45, 2.75) is 71.2 Å². The number of aryl methyl sites for hydroxylation is 2. The molecular formula is C29H35NO5S. The molecule has 3 aromatic rings. The number of carboxylic acids is 1. The van der Waals surface area contributed by atoms with E-state index >= 15 is 0 Å². The van der Waals surface area contributed by atoms with Crippen LogP contribution in [0.2, 0.25) is 0 Å². The second kappa shape index (κ2) is 10.5. The van der Waals surface area contributed by atoms with Gasteiger partial charge in [0.15, 0.2) is 11.2 Å². The molecule has 0 radical (unpaired) electrons. The van der Waals surface area contributed by atoms with Crippen molar-refractivity contribution in [3.63, 3.8) is 0 Å². The SMILES string of the molecule is C/C=S(\Nc1cc(C)c(-c2ccc3c(c2)CCCO3)c(C(OC(C)(C)C)C(=O)O)c1C)c1ccco1. The summed E-state index contributed by atoms with van der Waals surface area (Å²) in [6.07, 6.45) is 2.43. The van der Waals surface area contributed by atoms with E-state index in [0.717, 1.165) is 63.8 Å². The van der Waals surface area contributed by atoms with E-state index < -0.39 is 28.3 Å². The molecule has 2 N–H and O–H groups in total. The molecule has 2 atom stereocenters. The molecule has 0 aliphatic carbocycles. The summed E-state index contributed by atoms with van der Waals surface area (Å²) in [5.41, 5.74) is 5.68. The second-order valence-electron chi connectivity index (χ2n) is 9.99. The highest BCUT2D eigenvalue weighted by atomic mass is 32.2. The molecule has 2 aromatic carbocycles. The van der Waals surface area contributed by atoms with Crippen molar-refractivity contribution >= 4 is 27.7 Å². The van der Waals surface area contributed by atoms with Gasteiger partial charge in [-0.3, -0.25) is 0 Å². The van der Waals surface area contributed by atoms with Crippen LogP contribution in [0.25, 0.3) is 11.1 Å². The number of benzene rings is 2. The summed E-state index contributed by atoms with van der Waals surface area (Å²) in [4.78, 5) is 12.6. The van der Waals surface area contributed by atoms with Gasteiger partial charge in [-0.15, -0.1) is 0 Å². The van der Waals surface area contributed by atoms with Crippen molar-refractivity contribution in [1.29, 1.82) is 0 Å². The monoisotopic (exact) mass is 509 g/mol. The lowest BCUT2D eigenvalue weighted by molar-refractivity contribution is -0.160. The maximum absolute atomic E-state index is 12.6. The highest BCUT2D eigenvalue weighted by Gasteiger charge is 2.32. The first kappa shape index (κ1) is 26.0. The zero-order chi connectivity index (χ0) is 26.0. The third-order valence-electron chi connectivity index (χ3n) is 6.16. The first-order valence-electron chi connectivity index (χ1n) is 12.2. The molecular weight excluding hydrogens is 474 g/mol. The summed E-state index contributed by atoms with van der Waals surface area (Å²) in [7, 11) is -0.484. The molecule has 36 heavy (non-hydrogen) atoms. The molecule has 0 saturated heterocycles. The van der Waals surface area contributed by atoms with Crippen LogP contribution >= 0.6 is 10.7 Å². The van der Waals surface area contributed by atoms with Crippen LogP contribution in [-0.2, 0) is 16.0 Å². The topological polar surface area (TPSA) is 80.9 Å². The first-order valence-corrected chi connectivity index (χ1v) is 13.5. The van der Waals surface area contributed by atoms with Gasteiger partial charge < -0.3 is 23.7 Å². The third kappa shape index (κ3) is 5.52. The number of nitrogens with one attached hydrogen (secondary N) is 1. The lowest BCUT2D eigenvalue weighted by Crippen LogP contribution is -2.28. The van der Waals surface area contributed by atoms with Crippen molar-refractivity contribution in [3.05, 3.63) is 64.9 Å². The number of aliphatic carboxylic acids is 1. The van der Waals surface area contributed by atoms with Gasteiger partial charge in [-0.05, 0) is 129 Å². The Kier molecular flexibility index (Phi) is 7.62. The summed E-state index contributed by atoms with van der Waals surface area (Å²) in [5, 5.41) is 13.2. The number of ether oxygens (including phenoxy) is 2. The van der Waals surface area contributed by atoms with Crippen LogP contribution in [0.1, 0.15) is 62.5 Å². The van der Waals surface area contributed by atoms with Gasteiger partial charge in [-0.1, -0.05) is 6.07 Å². The molecule has 0 fully saturated rings. The summed E-state index contributed by atoms with van der Waals surface area (Å²) in [5.74, 6) is -0.111. The number of furan rings is 1. The minimum absolute atomic E-state index is 0.484. The van der Waals surface area contributed by atoms with Crippen molar-refractivity contribution in [2.75, 3.05) is 11.3 Å². The van der Waals surface area contributed by atoms with E-state index in [9.17, 15) is 9.90 Å². The zero-order valence-corrected chi connectivity index (χ0v) is 22.6. The van der Waals surface area contributed by atoms with Crippen LogP contribution in [0.5, 0.6) is 5.75 Å². The third-order valence-corrected chi connectivity index (χ3v) is 7.73. The Morgan fingerprint density at radius 2 is 2.00 bits per heavy atom. The number of carboxylic acid groups (broad SMARTS) is 1. The Labute approximate surface area is 215 Å². The maximum atomic E-state index is 12.6. The van der Waals surface area contributed by atoms with Gasteiger partial charge >= 0.3 is 5.97 Å². The molecule has 6 nitrogen and oxygen atoms in total. The van der Waals surface area contributed by atoms with Crippen molar-refractivity contribution < 1.29 is 23.8 Å². The molecule has 1 aliphatic rings. The van der Waals surface area contributed by atoms with E-state index in [4.69, 9.17) is 13.9 Å². The zero-order valence-electron chi connectivity index (χ0n) is 21.8. The molecule has 1 aromatic heterocycles. The smallest absolute Gasteiger partial charge is 0.337 e. The Hall–Kier alpha value is -3.03. The highest BCUT2D eigenvalue weighted by molar-refractivity contribution is 8.16. The van der Waals surface area contributed by atoms with E-state index in [0.29, 0.717) is 5.56 Å². The minimum atomic E-state index is -1.14.